The van der Waals surface area contributed by atoms with E-state index in [2.05, 4.69) is 39.8 Å². The van der Waals surface area contributed by atoms with Gasteiger partial charge in [-0.3, -0.25) is 9.69 Å². The molecule has 0 bridgehead atoms. The van der Waals surface area contributed by atoms with Gasteiger partial charge in [0.05, 0.1) is 6.61 Å². The number of rotatable bonds is 5. The Morgan fingerprint density at radius 3 is 2.91 bits per heavy atom. The van der Waals surface area contributed by atoms with Crippen LogP contribution in [0.4, 0.5) is 0 Å². The molecule has 2 heterocycles. The first-order valence-electron chi connectivity index (χ1n) is 8.21. The molecule has 0 saturated carbocycles. The second kappa shape index (κ2) is 7.72. The second-order valence-electron chi connectivity index (χ2n) is 6.08. The Balaban J connectivity index is 1.50. The third kappa shape index (κ3) is 4.29. The topological polar surface area (TPSA) is 53.6 Å². The molecule has 2 fully saturated rings. The Morgan fingerprint density at radius 1 is 1.32 bits per heavy atom. The summed E-state index contributed by atoms with van der Waals surface area (Å²) in [4.78, 5) is 14.5. The van der Waals surface area contributed by atoms with E-state index in [1.807, 2.05) is 0 Å². The van der Waals surface area contributed by atoms with Crippen molar-refractivity contribution in [1.29, 1.82) is 0 Å². The van der Waals surface area contributed by atoms with Crippen molar-refractivity contribution >= 4 is 5.91 Å². The van der Waals surface area contributed by atoms with E-state index in [-0.39, 0.29) is 12.0 Å². The highest BCUT2D eigenvalue weighted by atomic mass is 16.5. The number of hydrogen-bond acceptors (Lipinski definition) is 4. The van der Waals surface area contributed by atoms with Crippen molar-refractivity contribution in [3.05, 3.63) is 35.4 Å². The summed E-state index contributed by atoms with van der Waals surface area (Å²) in [6.07, 6.45) is 2.26. The van der Waals surface area contributed by atoms with Gasteiger partial charge in [0.25, 0.3) is 5.91 Å². The van der Waals surface area contributed by atoms with Gasteiger partial charge in [-0.25, -0.2) is 0 Å². The normalized spacial score (nSPS) is 22.6. The van der Waals surface area contributed by atoms with Crippen LogP contribution in [0, 0.1) is 0 Å². The largest absolute Gasteiger partial charge is 0.366 e. The summed E-state index contributed by atoms with van der Waals surface area (Å²) in [5.74, 6) is -0.0304. The second-order valence-corrected chi connectivity index (χ2v) is 6.08. The van der Waals surface area contributed by atoms with Crippen molar-refractivity contribution in [2.45, 2.75) is 32.0 Å². The Hall–Kier alpha value is -1.43. The molecule has 0 radical (unpaired) electrons. The number of amides is 1. The van der Waals surface area contributed by atoms with Crippen molar-refractivity contribution in [3.8, 4) is 0 Å². The van der Waals surface area contributed by atoms with Crippen LogP contribution in [0.25, 0.3) is 0 Å². The minimum absolute atomic E-state index is 0.0304. The molecule has 1 aromatic rings. The van der Waals surface area contributed by atoms with Crippen molar-refractivity contribution in [2.24, 2.45) is 0 Å². The molecule has 0 aliphatic carbocycles. The molecule has 2 aliphatic heterocycles. The Labute approximate surface area is 132 Å². The molecule has 0 aromatic heterocycles. The molecule has 2 saturated heterocycles. The van der Waals surface area contributed by atoms with E-state index in [0.717, 1.165) is 18.7 Å². The van der Waals surface area contributed by atoms with Gasteiger partial charge in [-0.1, -0.05) is 24.3 Å². The number of nitrogens with zero attached hydrogens (tertiary/aromatic N) is 1. The lowest BCUT2D eigenvalue weighted by Crippen LogP contribution is -2.47. The van der Waals surface area contributed by atoms with Gasteiger partial charge < -0.3 is 15.4 Å². The zero-order valence-corrected chi connectivity index (χ0v) is 13.0. The molecule has 1 amide bonds. The average Bonchev–Trinajstić information content (AvgIpc) is 3.07. The highest BCUT2D eigenvalue weighted by Gasteiger charge is 2.21. The first-order valence-corrected chi connectivity index (χ1v) is 8.21. The Bertz CT molecular complexity index is 494. The molecule has 1 atom stereocenters. The smallest absolute Gasteiger partial charge is 0.250 e. The van der Waals surface area contributed by atoms with Gasteiger partial charge in [0.1, 0.15) is 6.10 Å². The molecule has 3 rings (SSSR count). The minimum atomic E-state index is -0.360. The summed E-state index contributed by atoms with van der Waals surface area (Å²) in [6.45, 7) is 6.00. The summed E-state index contributed by atoms with van der Waals surface area (Å²) in [5.41, 5.74) is 2.47. The maximum Gasteiger partial charge on any atom is 0.250 e. The molecular formula is C17H25N3O2. The van der Waals surface area contributed by atoms with Crippen LogP contribution in [0.2, 0.25) is 0 Å². The number of ether oxygens (including phenoxy) is 1. The van der Waals surface area contributed by atoms with Crippen LogP contribution in [-0.4, -0.2) is 49.7 Å². The maximum absolute atomic E-state index is 12.1. The lowest BCUT2D eigenvalue weighted by atomic mass is 10.1. The lowest BCUT2D eigenvalue weighted by Gasteiger charge is -2.22. The van der Waals surface area contributed by atoms with E-state index in [4.69, 9.17) is 4.74 Å². The first kappa shape index (κ1) is 15.5. The van der Waals surface area contributed by atoms with Crippen LogP contribution >= 0.6 is 0 Å². The highest BCUT2D eigenvalue weighted by Crippen LogP contribution is 2.14. The van der Waals surface area contributed by atoms with Gasteiger partial charge in [-0.05, 0) is 37.1 Å². The van der Waals surface area contributed by atoms with E-state index < -0.39 is 0 Å². The predicted molar refractivity (Wildman–Crippen MR) is 85.4 cm³/mol. The molecule has 2 N–H and O–H groups in total. The van der Waals surface area contributed by atoms with Crippen LogP contribution in [0.3, 0.4) is 0 Å². The van der Waals surface area contributed by atoms with Crippen molar-refractivity contribution in [3.63, 3.8) is 0 Å². The number of morpholine rings is 1. The third-order valence-corrected chi connectivity index (χ3v) is 4.28. The fourth-order valence-electron chi connectivity index (χ4n) is 3.07. The summed E-state index contributed by atoms with van der Waals surface area (Å²) in [5, 5.41) is 6.14. The van der Waals surface area contributed by atoms with Gasteiger partial charge in [-0.15, -0.1) is 0 Å². The Kier molecular flexibility index (Phi) is 5.43. The molecule has 2 aliphatic rings. The summed E-state index contributed by atoms with van der Waals surface area (Å²) in [6, 6.07) is 8.50. The molecule has 120 valence electrons. The Morgan fingerprint density at radius 2 is 2.14 bits per heavy atom. The molecule has 5 heteroatoms. The van der Waals surface area contributed by atoms with Crippen LogP contribution in [0.1, 0.15) is 24.0 Å². The zero-order valence-electron chi connectivity index (χ0n) is 13.0. The van der Waals surface area contributed by atoms with Crippen molar-refractivity contribution in [1.82, 2.24) is 15.5 Å². The van der Waals surface area contributed by atoms with E-state index in [1.54, 1.807) is 0 Å². The fraction of sp³-hybridized carbons (Fsp3) is 0.588. The van der Waals surface area contributed by atoms with Crippen molar-refractivity contribution in [2.75, 3.05) is 32.8 Å². The first-order chi connectivity index (χ1) is 10.8. The number of benzene rings is 1. The summed E-state index contributed by atoms with van der Waals surface area (Å²) < 4.78 is 5.46. The monoisotopic (exact) mass is 303 g/mol. The number of hydrogen-bond donors (Lipinski definition) is 2. The van der Waals surface area contributed by atoms with E-state index >= 15 is 0 Å². The molecule has 22 heavy (non-hydrogen) atoms. The van der Waals surface area contributed by atoms with Gasteiger partial charge in [-0.2, -0.15) is 0 Å². The maximum atomic E-state index is 12.1. The highest BCUT2D eigenvalue weighted by molar-refractivity contribution is 5.81. The lowest BCUT2D eigenvalue weighted by molar-refractivity contribution is -0.134. The molecule has 1 aromatic carbocycles. The van der Waals surface area contributed by atoms with E-state index in [9.17, 15) is 4.79 Å². The molecule has 1 unspecified atom stereocenters. The van der Waals surface area contributed by atoms with Crippen molar-refractivity contribution < 1.29 is 9.53 Å². The van der Waals surface area contributed by atoms with Crippen LogP contribution in [-0.2, 0) is 22.6 Å². The fourth-order valence-corrected chi connectivity index (χ4v) is 3.07. The standard InChI is InChI=1S/C17H25N3O2/c21-17(16-12-18-6-9-22-16)19-11-14-4-3-5-15(10-14)13-20-7-1-2-8-20/h3-5,10,16,18H,1-2,6-9,11-13H2,(H,19,21). The van der Waals surface area contributed by atoms with E-state index in [0.29, 0.717) is 19.7 Å². The van der Waals surface area contributed by atoms with E-state index in [1.165, 1.54) is 31.5 Å². The number of likely N-dealkylation sites (tertiary alicyclic amines) is 1. The number of nitrogens with one attached hydrogen (secondary N) is 2. The number of carbonyl (C=O) groups is 1. The third-order valence-electron chi connectivity index (χ3n) is 4.28. The SMILES string of the molecule is O=C(NCc1cccc(CN2CCCC2)c1)C1CNCCO1. The van der Waals surface area contributed by atoms with Crippen LogP contribution < -0.4 is 10.6 Å². The average molecular weight is 303 g/mol. The zero-order chi connectivity index (χ0) is 15.2. The van der Waals surface area contributed by atoms with Gasteiger partial charge in [0, 0.05) is 26.2 Å². The van der Waals surface area contributed by atoms with Gasteiger partial charge >= 0.3 is 0 Å². The van der Waals surface area contributed by atoms with Gasteiger partial charge in [0.2, 0.25) is 0 Å². The molecule has 0 spiro atoms. The number of carbonyl (C=O) groups excluding carboxylic acids is 1. The minimum Gasteiger partial charge on any atom is -0.366 e. The summed E-state index contributed by atoms with van der Waals surface area (Å²) in [7, 11) is 0. The predicted octanol–water partition coefficient (Wildman–Crippen LogP) is 0.887. The van der Waals surface area contributed by atoms with Crippen LogP contribution in [0.5, 0.6) is 0 Å². The molecular weight excluding hydrogens is 278 g/mol. The quantitative estimate of drug-likeness (QED) is 0.848. The molecule has 5 nitrogen and oxygen atoms in total. The van der Waals surface area contributed by atoms with Crippen LogP contribution in [0.15, 0.2) is 24.3 Å². The van der Waals surface area contributed by atoms with Gasteiger partial charge in [0.15, 0.2) is 0 Å². The summed E-state index contributed by atoms with van der Waals surface area (Å²) >= 11 is 0.